The summed E-state index contributed by atoms with van der Waals surface area (Å²) in [6.07, 6.45) is 5.43. The number of nitrogens with zero attached hydrogens (tertiary/aromatic N) is 1. The average Bonchev–Trinajstić information content (AvgIpc) is 3.82. The highest BCUT2D eigenvalue weighted by molar-refractivity contribution is 5.97. The molecule has 4 aromatic rings. The number of rotatable bonds is 11. The molecule has 1 aliphatic carbocycles. The van der Waals surface area contributed by atoms with Gasteiger partial charge in [0.1, 0.15) is 30.2 Å². The molecule has 3 unspecified atom stereocenters. The van der Waals surface area contributed by atoms with Gasteiger partial charge in [0.15, 0.2) is 0 Å². The molecule has 1 aliphatic heterocycles. The quantitative estimate of drug-likeness (QED) is 0.0855. The summed E-state index contributed by atoms with van der Waals surface area (Å²) in [4.78, 5) is 117. The summed E-state index contributed by atoms with van der Waals surface area (Å²) >= 11 is 0. The Morgan fingerprint density at radius 2 is 1.50 bits per heavy atom. The molecule has 5 atom stereocenters. The molecule has 0 bridgehead atoms. The van der Waals surface area contributed by atoms with E-state index in [1.807, 2.05) is 24.3 Å². The first-order valence-electron chi connectivity index (χ1n) is 19.8. The van der Waals surface area contributed by atoms with E-state index in [0.29, 0.717) is 24.1 Å². The fourth-order valence-electron chi connectivity index (χ4n) is 6.87. The molecule has 6 rings (SSSR count). The maximum atomic E-state index is 14.0. The number of imidazole rings is 1. The van der Waals surface area contributed by atoms with Crippen LogP contribution in [0.25, 0.3) is 10.9 Å². The zero-order chi connectivity index (χ0) is 42.6. The van der Waals surface area contributed by atoms with E-state index in [-0.39, 0.29) is 56.9 Å². The number of H-pyrrole nitrogens is 2. The van der Waals surface area contributed by atoms with Crippen molar-refractivity contribution in [3.05, 3.63) is 90.1 Å². The molecule has 3 heterocycles. The molecule has 2 fully saturated rings. The average molecular weight is 824 g/mol. The fraction of sp³-hybridized carbons (Fsp3) is 0.390. The number of nitrogens with two attached hydrogens (primary N) is 1. The number of para-hydroxylation sites is 1. The van der Waals surface area contributed by atoms with Gasteiger partial charge in [0.2, 0.25) is 47.3 Å². The van der Waals surface area contributed by atoms with Crippen molar-refractivity contribution in [2.24, 2.45) is 11.7 Å². The summed E-state index contributed by atoms with van der Waals surface area (Å²) in [7, 11) is 0. The molecule has 19 heteroatoms. The lowest BCUT2D eigenvalue weighted by atomic mass is 10.0. The molecular formula is C41H49N11O8. The van der Waals surface area contributed by atoms with Crippen LogP contribution in [-0.4, -0.2) is 106 Å². The van der Waals surface area contributed by atoms with Gasteiger partial charge in [0, 0.05) is 61.4 Å². The molecule has 1 saturated carbocycles. The van der Waals surface area contributed by atoms with Gasteiger partial charge in [-0.2, -0.15) is 0 Å². The second-order valence-electron chi connectivity index (χ2n) is 15.0. The van der Waals surface area contributed by atoms with Crippen LogP contribution < -0.4 is 43.0 Å². The Labute approximate surface area is 344 Å². The van der Waals surface area contributed by atoms with Gasteiger partial charge in [-0.05, 0) is 42.9 Å². The van der Waals surface area contributed by atoms with Crippen molar-refractivity contribution in [2.75, 3.05) is 13.1 Å². The van der Waals surface area contributed by atoms with Gasteiger partial charge in [-0.1, -0.05) is 48.5 Å². The first kappa shape index (κ1) is 42.6. The third-order valence-electron chi connectivity index (χ3n) is 10.3. The molecule has 2 aliphatic rings. The number of carbonyl (C=O) groups is 8. The minimum atomic E-state index is -1.31. The van der Waals surface area contributed by atoms with Gasteiger partial charge in [0.25, 0.3) is 0 Å². The Morgan fingerprint density at radius 3 is 2.23 bits per heavy atom. The molecule has 2 aromatic heterocycles. The number of fused-ring (bicyclic) bond motifs is 1. The minimum Gasteiger partial charge on any atom is -0.368 e. The van der Waals surface area contributed by atoms with Gasteiger partial charge >= 0.3 is 0 Å². The highest BCUT2D eigenvalue weighted by Crippen LogP contribution is 2.29. The number of aromatic nitrogens is 3. The van der Waals surface area contributed by atoms with E-state index in [2.05, 4.69) is 52.2 Å². The third-order valence-corrected chi connectivity index (χ3v) is 10.3. The molecule has 1 saturated heterocycles. The highest BCUT2D eigenvalue weighted by atomic mass is 16.2. The minimum absolute atomic E-state index is 0.00687. The van der Waals surface area contributed by atoms with E-state index >= 15 is 0 Å². The molecule has 60 heavy (non-hydrogen) atoms. The van der Waals surface area contributed by atoms with E-state index in [4.69, 9.17) is 5.73 Å². The van der Waals surface area contributed by atoms with Crippen molar-refractivity contribution in [1.82, 2.24) is 52.2 Å². The van der Waals surface area contributed by atoms with Crippen molar-refractivity contribution >= 4 is 58.2 Å². The number of benzene rings is 2. The maximum absolute atomic E-state index is 14.0. The van der Waals surface area contributed by atoms with Crippen molar-refractivity contribution in [3.63, 3.8) is 0 Å². The molecule has 0 spiro atoms. The highest BCUT2D eigenvalue weighted by Gasteiger charge is 2.35. The first-order chi connectivity index (χ1) is 28.9. The lowest BCUT2D eigenvalue weighted by Crippen LogP contribution is -2.58. The van der Waals surface area contributed by atoms with E-state index in [0.717, 1.165) is 16.5 Å². The van der Waals surface area contributed by atoms with Gasteiger partial charge in [-0.25, -0.2) is 4.98 Å². The van der Waals surface area contributed by atoms with Crippen molar-refractivity contribution < 1.29 is 38.4 Å². The number of aromatic amines is 2. The molecule has 19 nitrogen and oxygen atoms in total. The van der Waals surface area contributed by atoms with E-state index < -0.39 is 78.1 Å². The van der Waals surface area contributed by atoms with E-state index in [1.165, 1.54) is 6.33 Å². The number of hydrogen-bond acceptors (Lipinski definition) is 9. The zero-order valence-corrected chi connectivity index (χ0v) is 32.8. The number of primary amides is 1. The van der Waals surface area contributed by atoms with Crippen LogP contribution in [0, 0.1) is 5.92 Å². The van der Waals surface area contributed by atoms with Crippen molar-refractivity contribution in [1.29, 1.82) is 0 Å². The Bertz CT molecular complexity index is 2190. The molecule has 0 radical (unpaired) electrons. The standard InChI is InChI=1S/C41H49N11O8/c42-36(55)31(17-25-19-45-28-9-5-4-8-27(25)28)50-40(59)30-14-15-44-34(53)13-12-29(49-37(56)24-10-11-24)39(58)52-33(18-26-20-43-22-47-26)41(60)51-32(16-23-6-2-1-3-7-23)38(57)46-21-35(54)48-30/h1-9,19-20,22,24,29-33,45H,10-18,21H2,(H2,42,55)(H,43,47)(H,44,53)(H,46,57)(H,48,54)(H,49,56)(H,50,59)(H,51,60)(H,52,58)/t29?,30?,31-,32?,33-/m0/s1. The number of nitrogens with one attached hydrogen (secondary N) is 9. The van der Waals surface area contributed by atoms with Crippen LogP contribution in [-0.2, 0) is 57.6 Å². The van der Waals surface area contributed by atoms with Crippen LogP contribution in [0.3, 0.4) is 0 Å². The van der Waals surface area contributed by atoms with Crippen LogP contribution in [0.15, 0.2) is 73.3 Å². The van der Waals surface area contributed by atoms with E-state index in [9.17, 15) is 38.4 Å². The van der Waals surface area contributed by atoms with Crippen LogP contribution in [0.5, 0.6) is 0 Å². The normalized spacial score (nSPS) is 21.7. The molecular weight excluding hydrogens is 775 g/mol. The summed E-state index contributed by atoms with van der Waals surface area (Å²) in [6, 6.07) is 10.0. The lowest BCUT2D eigenvalue weighted by Gasteiger charge is -2.25. The summed E-state index contributed by atoms with van der Waals surface area (Å²) in [5, 5.41) is 19.4. The Kier molecular flexibility index (Phi) is 14.2. The van der Waals surface area contributed by atoms with Crippen LogP contribution in [0.2, 0.25) is 0 Å². The Balaban J connectivity index is 1.23. The summed E-state index contributed by atoms with van der Waals surface area (Å²) in [5.41, 5.74) is 8.37. The molecule has 11 N–H and O–H groups in total. The van der Waals surface area contributed by atoms with Gasteiger partial charge < -0.3 is 52.9 Å². The van der Waals surface area contributed by atoms with Crippen LogP contribution >= 0.6 is 0 Å². The zero-order valence-electron chi connectivity index (χ0n) is 32.8. The number of carbonyl (C=O) groups excluding carboxylic acids is 8. The summed E-state index contributed by atoms with van der Waals surface area (Å²) in [6.45, 7) is -0.734. The fourth-order valence-corrected chi connectivity index (χ4v) is 6.87. The smallest absolute Gasteiger partial charge is 0.243 e. The van der Waals surface area contributed by atoms with Crippen LogP contribution in [0.4, 0.5) is 0 Å². The number of amides is 8. The SMILES string of the molecule is NC(=O)[C@H](Cc1c[nH]c2ccccc12)NC(=O)C1CCNC(=O)CCC(NC(=O)C2CC2)C(=O)N[C@@H](Cc2c[nH]cn2)C(=O)NC(Cc2ccccc2)C(=O)NCC(=O)N1. The predicted octanol–water partition coefficient (Wildman–Crippen LogP) is -1.35. The maximum Gasteiger partial charge on any atom is 0.243 e. The second kappa shape index (κ2) is 20.1. The van der Waals surface area contributed by atoms with E-state index in [1.54, 1.807) is 42.7 Å². The van der Waals surface area contributed by atoms with Gasteiger partial charge in [0.05, 0.1) is 18.6 Å². The second-order valence-corrected chi connectivity index (χ2v) is 15.0. The van der Waals surface area contributed by atoms with Gasteiger partial charge in [-0.15, -0.1) is 0 Å². The predicted molar refractivity (Wildman–Crippen MR) is 216 cm³/mol. The third kappa shape index (κ3) is 12.0. The first-order valence-corrected chi connectivity index (χ1v) is 19.8. The molecule has 2 aromatic carbocycles. The Hall–Kier alpha value is -7.05. The summed E-state index contributed by atoms with van der Waals surface area (Å²) in [5.74, 6) is -5.71. The number of hydrogen-bond donors (Lipinski definition) is 10. The topological polar surface area (TPSA) is 291 Å². The lowest BCUT2D eigenvalue weighted by molar-refractivity contribution is -0.134. The molecule has 8 amide bonds. The monoisotopic (exact) mass is 823 g/mol. The molecule has 316 valence electrons. The largest absolute Gasteiger partial charge is 0.368 e. The van der Waals surface area contributed by atoms with Crippen molar-refractivity contribution in [2.45, 2.75) is 81.6 Å². The van der Waals surface area contributed by atoms with Gasteiger partial charge in [-0.3, -0.25) is 38.4 Å². The van der Waals surface area contributed by atoms with Crippen LogP contribution in [0.1, 0.15) is 48.9 Å². The Morgan fingerprint density at radius 1 is 0.767 bits per heavy atom. The van der Waals surface area contributed by atoms with Crippen molar-refractivity contribution in [3.8, 4) is 0 Å². The summed E-state index contributed by atoms with van der Waals surface area (Å²) < 4.78 is 0.